The lowest BCUT2D eigenvalue weighted by Gasteiger charge is -2.49. The second-order valence-corrected chi connectivity index (χ2v) is 5.82. The quantitative estimate of drug-likeness (QED) is 0.321. The van der Waals surface area contributed by atoms with Crippen LogP contribution in [0.15, 0.2) is 11.6 Å². The Morgan fingerprint density at radius 1 is 1.63 bits per heavy atom. The highest BCUT2D eigenvalue weighted by atomic mass is 16.6. The van der Waals surface area contributed by atoms with Crippen LogP contribution in [-0.4, -0.2) is 24.0 Å². The zero-order valence-corrected chi connectivity index (χ0v) is 11.6. The Balaban J connectivity index is 2.03. The Kier molecular flexibility index (Phi) is 3.92. The summed E-state index contributed by atoms with van der Waals surface area (Å²) in [5, 5.41) is 10.9. The summed E-state index contributed by atoms with van der Waals surface area (Å²) in [6.07, 6.45) is 5.85. The summed E-state index contributed by atoms with van der Waals surface area (Å²) in [5.74, 6) is 0.568. The molecule has 0 bridgehead atoms. The van der Waals surface area contributed by atoms with Gasteiger partial charge in [0.15, 0.2) is 0 Å². The number of allylic oxidation sites excluding steroid dienone is 2. The number of carbonyl (C=O) groups is 1. The number of hydrogen-bond donors (Lipinski definition) is 0. The number of fused-ring (bicyclic) bond motifs is 1. The zero-order chi connectivity index (χ0) is 14.0. The first-order valence-electron chi connectivity index (χ1n) is 6.91. The van der Waals surface area contributed by atoms with E-state index in [2.05, 4.69) is 13.0 Å². The minimum Gasteiger partial charge on any atom is -0.466 e. The maximum atomic E-state index is 10.9. The van der Waals surface area contributed by atoms with Crippen molar-refractivity contribution in [3.05, 3.63) is 21.8 Å². The van der Waals surface area contributed by atoms with Gasteiger partial charge in [-0.15, -0.1) is 0 Å². The average molecular weight is 267 g/mol. The van der Waals surface area contributed by atoms with Crippen molar-refractivity contribution < 1.29 is 14.5 Å². The molecule has 1 saturated carbocycles. The molecular weight excluding hydrogens is 246 g/mol. The highest BCUT2D eigenvalue weighted by Crippen LogP contribution is 2.60. The minimum atomic E-state index is -0.316. The number of nitro groups is 1. The second kappa shape index (κ2) is 5.31. The molecule has 2 aliphatic rings. The van der Waals surface area contributed by atoms with Gasteiger partial charge in [-0.1, -0.05) is 18.6 Å². The van der Waals surface area contributed by atoms with Gasteiger partial charge in [-0.05, 0) is 37.5 Å². The second-order valence-electron chi connectivity index (χ2n) is 5.82. The fourth-order valence-corrected chi connectivity index (χ4v) is 3.73. The fraction of sp³-hybridized carbons (Fsp3) is 0.786. The third-order valence-electron chi connectivity index (χ3n) is 4.63. The molecule has 2 rings (SSSR count). The summed E-state index contributed by atoms with van der Waals surface area (Å²) >= 11 is 0. The first-order chi connectivity index (χ1) is 8.97. The molecule has 5 heteroatoms. The van der Waals surface area contributed by atoms with Crippen LogP contribution in [0.25, 0.3) is 0 Å². The van der Waals surface area contributed by atoms with Crippen LogP contribution in [0.3, 0.4) is 0 Å². The van der Waals surface area contributed by atoms with Gasteiger partial charge in [0.05, 0.1) is 6.61 Å². The molecule has 0 radical (unpaired) electrons. The molecule has 0 aromatic rings. The van der Waals surface area contributed by atoms with Gasteiger partial charge in [0.25, 0.3) is 0 Å². The van der Waals surface area contributed by atoms with E-state index in [-0.39, 0.29) is 22.9 Å². The Labute approximate surface area is 113 Å². The molecule has 1 fully saturated rings. The van der Waals surface area contributed by atoms with Crippen LogP contribution in [0.5, 0.6) is 0 Å². The Morgan fingerprint density at radius 2 is 2.37 bits per heavy atom. The molecule has 5 nitrogen and oxygen atoms in total. The lowest BCUT2D eigenvalue weighted by atomic mass is 9.53. The molecule has 0 aromatic heterocycles. The Morgan fingerprint density at radius 3 is 2.95 bits per heavy atom. The van der Waals surface area contributed by atoms with E-state index in [9.17, 15) is 14.9 Å². The van der Waals surface area contributed by atoms with Gasteiger partial charge in [-0.25, -0.2) is 0 Å². The summed E-state index contributed by atoms with van der Waals surface area (Å²) in [4.78, 5) is 21.5. The van der Waals surface area contributed by atoms with Crippen molar-refractivity contribution in [1.82, 2.24) is 0 Å². The van der Waals surface area contributed by atoms with Crippen LogP contribution in [0.1, 0.15) is 39.5 Å². The SMILES string of the molecule is CCC1=C[C@@H]2[C@H](C1)C[C@@]2(CCOC(C)=O)C[N+](=O)[O-]. The molecule has 0 aliphatic heterocycles. The van der Waals surface area contributed by atoms with E-state index >= 15 is 0 Å². The van der Waals surface area contributed by atoms with Crippen molar-refractivity contribution in [2.24, 2.45) is 17.3 Å². The number of hydrogen-bond acceptors (Lipinski definition) is 4. The number of carbonyl (C=O) groups excluding carboxylic acids is 1. The van der Waals surface area contributed by atoms with Crippen LogP contribution < -0.4 is 0 Å². The summed E-state index contributed by atoms with van der Waals surface area (Å²) in [5.41, 5.74) is 1.13. The van der Waals surface area contributed by atoms with Gasteiger partial charge in [-0.2, -0.15) is 0 Å². The lowest BCUT2D eigenvalue weighted by molar-refractivity contribution is -0.506. The van der Waals surface area contributed by atoms with Crippen molar-refractivity contribution in [3.8, 4) is 0 Å². The average Bonchev–Trinajstić information content (AvgIpc) is 2.65. The monoisotopic (exact) mass is 267 g/mol. The zero-order valence-electron chi connectivity index (χ0n) is 11.6. The molecule has 0 spiro atoms. The van der Waals surface area contributed by atoms with E-state index in [0.717, 1.165) is 19.3 Å². The fourth-order valence-electron chi connectivity index (χ4n) is 3.73. The van der Waals surface area contributed by atoms with Gasteiger partial charge in [-0.3, -0.25) is 14.9 Å². The highest BCUT2D eigenvalue weighted by molar-refractivity contribution is 5.65. The molecule has 0 aromatic carbocycles. The van der Waals surface area contributed by atoms with Crippen molar-refractivity contribution in [2.45, 2.75) is 39.5 Å². The number of nitrogens with zero attached hydrogens (tertiary/aromatic N) is 1. The van der Waals surface area contributed by atoms with E-state index in [0.29, 0.717) is 24.9 Å². The van der Waals surface area contributed by atoms with Crippen LogP contribution in [0.4, 0.5) is 0 Å². The molecule has 106 valence electrons. The van der Waals surface area contributed by atoms with E-state index in [4.69, 9.17) is 4.74 Å². The van der Waals surface area contributed by atoms with Gasteiger partial charge >= 0.3 is 5.97 Å². The summed E-state index contributed by atoms with van der Waals surface area (Å²) < 4.78 is 4.97. The van der Waals surface area contributed by atoms with Crippen LogP contribution >= 0.6 is 0 Å². The molecule has 2 aliphatic carbocycles. The van der Waals surface area contributed by atoms with Crippen molar-refractivity contribution in [2.75, 3.05) is 13.2 Å². The van der Waals surface area contributed by atoms with Gasteiger partial charge in [0.1, 0.15) is 0 Å². The molecule has 3 atom stereocenters. The standard InChI is InChI=1S/C14H21NO4/c1-3-11-6-12-8-14(9-15(17)18,13(12)7-11)4-5-19-10(2)16/h7,12-13H,3-6,8-9H2,1-2H3/t12-,13-,14+/m1/s1. The molecule has 0 N–H and O–H groups in total. The Hall–Kier alpha value is -1.39. The number of rotatable bonds is 6. The maximum Gasteiger partial charge on any atom is 0.302 e. The molecule has 0 saturated heterocycles. The number of ether oxygens (including phenoxy) is 1. The first-order valence-corrected chi connectivity index (χ1v) is 6.91. The lowest BCUT2D eigenvalue weighted by Crippen LogP contribution is -2.50. The summed E-state index contributed by atoms with van der Waals surface area (Å²) in [6.45, 7) is 3.78. The van der Waals surface area contributed by atoms with E-state index in [1.807, 2.05) is 0 Å². The van der Waals surface area contributed by atoms with E-state index < -0.39 is 0 Å². The van der Waals surface area contributed by atoms with Crippen molar-refractivity contribution >= 4 is 5.97 Å². The molecule has 19 heavy (non-hydrogen) atoms. The van der Waals surface area contributed by atoms with Gasteiger partial charge < -0.3 is 4.74 Å². The highest BCUT2D eigenvalue weighted by Gasteiger charge is 2.57. The predicted octanol–water partition coefficient (Wildman–Crippen LogP) is 2.58. The third-order valence-corrected chi connectivity index (χ3v) is 4.63. The largest absolute Gasteiger partial charge is 0.466 e. The van der Waals surface area contributed by atoms with Crippen LogP contribution in [0, 0.1) is 27.4 Å². The Bertz CT molecular complexity index is 418. The predicted molar refractivity (Wildman–Crippen MR) is 70.1 cm³/mol. The van der Waals surface area contributed by atoms with Gasteiger partial charge in [0.2, 0.25) is 6.54 Å². The topological polar surface area (TPSA) is 69.4 Å². The summed E-state index contributed by atoms with van der Waals surface area (Å²) in [7, 11) is 0. The molecule has 0 heterocycles. The molecular formula is C14H21NO4. The third kappa shape index (κ3) is 2.80. The first kappa shape index (κ1) is 14.0. The maximum absolute atomic E-state index is 10.9. The molecule has 0 unspecified atom stereocenters. The normalized spacial score (nSPS) is 32.2. The van der Waals surface area contributed by atoms with Crippen molar-refractivity contribution in [1.29, 1.82) is 0 Å². The smallest absolute Gasteiger partial charge is 0.302 e. The van der Waals surface area contributed by atoms with E-state index in [1.165, 1.54) is 12.5 Å². The van der Waals surface area contributed by atoms with Crippen molar-refractivity contribution in [3.63, 3.8) is 0 Å². The minimum absolute atomic E-state index is 0.0110. The van der Waals surface area contributed by atoms with Crippen LogP contribution in [-0.2, 0) is 9.53 Å². The van der Waals surface area contributed by atoms with Crippen LogP contribution in [0.2, 0.25) is 0 Å². The van der Waals surface area contributed by atoms with E-state index in [1.54, 1.807) is 0 Å². The van der Waals surface area contributed by atoms with Gasteiger partial charge in [0, 0.05) is 17.3 Å². The summed E-state index contributed by atoms with van der Waals surface area (Å²) in [6, 6.07) is 0. The molecule has 0 amide bonds. The number of esters is 1.